The first-order valence-electron chi connectivity index (χ1n) is 4.94. The fourth-order valence-corrected chi connectivity index (χ4v) is 1.55. The second-order valence-corrected chi connectivity index (χ2v) is 3.87. The van der Waals surface area contributed by atoms with Crippen molar-refractivity contribution in [2.45, 2.75) is 6.54 Å². The molecule has 0 aliphatic carbocycles. The molecular weight excluding hydrogens is 222 g/mol. The second kappa shape index (κ2) is 4.86. The van der Waals surface area contributed by atoms with Crippen molar-refractivity contribution < 1.29 is 0 Å². The molecule has 0 aliphatic rings. The smallest absolute Gasteiger partial charge is 0.149 e. The van der Waals surface area contributed by atoms with Gasteiger partial charge in [-0.05, 0) is 11.6 Å². The summed E-state index contributed by atoms with van der Waals surface area (Å²) in [7, 11) is 0. The van der Waals surface area contributed by atoms with Gasteiger partial charge in [-0.15, -0.1) is 0 Å². The number of nitrogen functional groups attached to an aromatic ring is 1. The van der Waals surface area contributed by atoms with E-state index >= 15 is 0 Å². The summed E-state index contributed by atoms with van der Waals surface area (Å²) in [5, 5.41) is 3.71. The zero-order chi connectivity index (χ0) is 11.4. The predicted octanol–water partition coefficient (Wildman–Crippen LogP) is 2.93. The number of hydrogen-bond acceptors (Lipinski definition) is 3. The van der Waals surface area contributed by atoms with Gasteiger partial charge in [0.25, 0.3) is 0 Å². The van der Waals surface area contributed by atoms with Gasteiger partial charge in [-0.2, -0.15) is 0 Å². The maximum atomic E-state index is 5.78. The summed E-state index contributed by atoms with van der Waals surface area (Å²) in [6.07, 6.45) is 1.57. The number of anilines is 2. The van der Waals surface area contributed by atoms with Gasteiger partial charge in [0.05, 0.1) is 10.7 Å². The average molecular weight is 234 g/mol. The Morgan fingerprint density at radius 1 is 1.25 bits per heavy atom. The van der Waals surface area contributed by atoms with Crippen LogP contribution >= 0.6 is 11.6 Å². The fraction of sp³-hybridized carbons (Fsp3) is 0.0833. The van der Waals surface area contributed by atoms with Gasteiger partial charge in [-0.3, -0.25) is 0 Å². The van der Waals surface area contributed by atoms with Crippen LogP contribution in [0.15, 0.2) is 42.6 Å². The minimum absolute atomic E-state index is 0.544. The Kier molecular flexibility index (Phi) is 3.27. The van der Waals surface area contributed by atoms with E-state index in [1.54, 1.807) is 12.3 Å². The lowest BCUT2D eigenvalue weighted by atomic mass is 10.2. The average Bonchev–Trinajstić information content (AvgIpc) is 2.29. The molecule has 3 nitrogen and oxygen atoms in total. The molecule has 2 aromatic rings. The maximum absolute atomic E-state index is 5.78. The first-order valence-corrected chi connectivity index (χ1v) is 5.32. The van der Waals surface area contributed by atoms with Gasteiger partial charge in [-0.25, -0.2) is 4.98 Å². The summed E-state index contributed by atoms with van der Waals surface area (Å²) in [6, 6.07) is 11.7. The standard InChI is InChI=1S/C12H12ClN3/c13-10-6-11(14)12(16-8-10)15-7-9-4-2-1-3-5-9/h1-6,8H,7,14H2,(H,15,16). The monoisotopic (exact) mass is 233 g/mol. The molecule has 82 valence electrons. The highest BCUT2D eigenvalue weighted by atomic mass is 35.5. The minimum Gasteiger partial charge on any atom is -0.396 e. The van der Waals surface area contributed by atoms with Crippen LogP contribution in [0.3, 0.4) is 0 Å². The SMILES string of the molecule is Nc1cc(Cl)cnc1NCc1ccccc1. The maximum Gasteiger partial charge on any atom is 0.149 e. The highest BCUT2D eigenvalue weighted by Crippen LogP contribution is 2.19. The van der Waals surface area contributed by atoms with Crippen LogP contribution < -0.4 is 11.1 Å². The number of nitrogens with zero attached hydrogens (tertiary/aromatic N) is 1. The van der Waals surface area contributed by atoms with Crippen LogP contribution in [0.4, 0.5) is 11.5 Å². The molecule has 4 heteroatoms. The summed E-state index contributed by atoms with van der Waals surface area (Å²) < 4.78 is 0. The topological polar surface area (TPSA) is 50.9 Å². The normalized spacial score (nSPS) is 10.1. The zero-order valence-corrected chi connectivity index (χ0v) is 9.41. The molecule has 0 spiro atoms. The third-order valence-electron chi connectivity index (χ3n) is 2.19. The van der Waals surface area contributed by atoms with Crippen molar-refractivity contribution in [3.8, 4) is 0 Å². The molecule has 1 aromatic heterocycles. The largest absolute Gasteiger partial charge is 0.396 e. The Hall–Kier alpha value is -1.74. The van der Waals surface area contributed by atoms with E-state index in [4.69, 9.17) is 17.3 Å². The molecular formula is C12H12ClN3. The van der Waals surface area contributed by atoms with E-state index in [-0.39, 0.29) is 0 Å². The van der Waals surface area contributed by atoms with Crippen molar-refractivity contribution in [2.24, 2.45) is 0 Å². The molecule has 0 amide bonds. The van der Waals surface area contributed by atoms with Crippen LogP contribution in [0.1, 0.15) is 5.56 Å². The molecule has 0 unspecified atom stereocenters. The van der Waals surface area contributed by atoms with Gasteiger partial charge >= 0.3 is 0 Å². The van der Waals surface area contributed by atoms with Crippen molar-refractivity contribution in [3.63, 3.8) is 0 Å². The molecule has 3 N–H and O–H groups in total. The molecule has 0 atom stereocenters. The number of hydrogen-bond donors (Lipinski definition) is 2. The van der Waals surface area contributed by atoms with Gasteiger partial charge in [0.1, 0.15) is 5.82 Å². The summed E-state index contributed by atoms with van der Waals surface area (Å²) in [5.74, 6) is 0.660. The van der Waals surface area contributed by atoms with Gasteiger partial charge in [0.2, 0.25) is 0 Å². The molecule has 1 heterocycles. The Bertz CT molecular complexity index is 471. The van der Waals surface area contributed by atoms with Gasteiger partial charge in [-0.1, -0.05) is 41.9 Å². The number of nitrogens with one attached hydrogen (secondary N) is 1. The Balaban J connectivity index is 2.05. The van der Waals surface area contributed by atoms with Crippen molar-refractivity contribution in [3.05, 3.63) is 53.2 Å². The Labute approximate surface area is 99.3 Å². The molecule has 0 aliphatic heterocycles. The Morgan fingerprint density at radius 2 is 2.00 bits per heavy atom. The third-order valence-corrected chi connectivity index (χ3v) is 2.39. The van der Waals surface area contributed by atoms with E-state index in [2.05, 4.69) is 10.3 Å². The van der Waals surface area contributed by atoms with Crippen LogP contribution in [0.5, 0.6) is 0 Å². The lowest BCUT2D eigenvalue weighted by molar-refractivity contribution is 1.11. The molecule has 0 saturated heterocycles. The van der Waals surface area contributed by atoms with E-state index in [0.29, 0.717) is 23.1 Å². The predicted molar refractivity (Wildman–Crippen MR) is 67.4 cm³/mol. The molecule has 2 rings (SSSR count). The van der Waals surface area contributed by atoms with Crippen molar-refractivity contribution in [2.75, 3.05) is 11.1 Å². The van der Waals surface area contributed by atoms with Crippen molar-refractivity contribution in [1.29, 1.82) is 0 Å². The molecule has 0 saturated carbocycles. The van der Waals surface area contributed by atoms with E-state index in [1.165, 1.54) is 5.56 Å². The van der Waals surface area contributed by atoms with Crippen LogP contribution in [-0.2, 0) is 6.54 Å². The molecule has 1 aromatic carbocycles. The summed E-state index contributed by atoms with van der Waals surface area (Å²) in [5.41, 5.74) is 7.51. The number of halogens is 1. The van der Waals surface area contributed by atoms with Crippen molar-refractivity contribution in [1.82, 2.24) is 4.98 Å². The lowest BCUT2D eigenvalue weighted by Gasteiger charge is -2.08. The second-order valence-electron chi connectivity index (χ2n) is 3.43. The van der Waals surface area contributed by atoms with Crippen LogP contribution in [0.2, 0.25) is 5.02 Å². The fourth-order valence-electron chi connectivity index (χ4n) is 1.38. The highest BCUT2D eigenvalue weighted by Gasteiger charge is 2.00. The first-order chi connectivity index (χ1) is 7.75. The van der Waals surface area contributed by atoms with Gasteiger partial charge in [0, 0.05) is 12.7 Å². The minimum atomic E-state index is 0.544. The molecule has 0 radical (unpaired) electrons. The van der Waals surface area contributed by atoms with E-state index in [0.717, 1.165) is 0 Å². The number of pyridine rings is 1. The van der Waals surface area contributed by atoms with Gasteiger partial charge in [0.15, 0.2) is 0 Å². The molecule has 0 bridgehead atoms. The highest BCUT2D eigenvalue weighted by molar-refractivity contribution is 6.30. The van der Waals surface area contributed by atoms with Crippen LogP contribution in [0, 0.1) is 0 Å². The quantitative estimate of drug-likeness (QED) is 0.857. The Morgan fingerprint density at radius 3 is 2.69 bits per heavy atom. The zero-order valence-electron chi connectivity index (χ0n) is 8.65. The van der Waals surface area contributed by atoms with Crippen LogP contribution in [0.25, 0.3) is 0 Å². The van der Waals surface area contributed by atoms with Gasteiger partial charge < -0.3 is 11.1 Å². The number of benzene rings is 1. The summed E-state index contributed by atoms with van der Waals surface area (Å²) in [6.45, 7) is 0.694. The lowest BCUT2D eigenvalue weighted by Crippen LogP contribution is -2.04. The van der Waals surface area contributed by atoms with E-state index < -0.39 is 0 Å². The van der Waals surface area contributed by atoms with Crippen molar-refractivity contribution >= 4 is 23.1 Å². The summed E-state index contributed by atoms with van der Waals surface area (Å²) >= 11 is 5.76. The molecule has 0 fully saturated rings. The summed E-state index contributed by atoms with van der Waals surface area (Å²) in [4.78, 5) is 4.12. The number of rotatable bonds is 3. The third kappa shape index (κ3) is 2.64. The molecule has 16 heavy (non-hydrogen) atoms. The van der Waals surface area contributed by atoms with Crippen LogP contribution in [-0.4, -0.2) is 4.98 Å². The number of nitrogens with two attached hydrogens (primary N) is 1. The van der Waals surface area contributed by atoms with E-state index in [9.17, 15) is 0 Å². The first kappa shape index (κ1) is 10.8. The number of aromatic nitrogens is 1. The van der Waals surface area contributed by atoms with E-state index in [1.807, 2.05) is 30.3 Å².